The van der Waals surface area contributed by atoms with E-state index < -0.39 is 59.4 Å². The standard InChI is InChI=1S/C63H80N8O8/c1-38(64-6)57(73)69-53(55(72)49-22-12-13-23-50(49)60(76)67-51-24-14-18-42-16-8-10-20-47(42)51)34-40-28-32-46(33-29-40)79-37-41-26-30-44(31-27-41)59(75)66-45-35-54(61(77)68-52-25-15-19-43-17-9-11-21-48(43)52)71(36-45)62(78)56(63(3,4)5)70-58(74)39(2)65-7/h8-13,16-17,20-21,26-33,38-39,45,49-54,56,64-65H,14-15,18-19,22-25,34-37H2,1-7H3,(H,66,75)(H,67,76)(H,68,77)(H,69,73)(H,70,74)/t38-,39-,45-,49-,50-,51+,52+,53-,54-,56+/m0/s1. The molecule has 1 aliphatic heterocycles. The smallest absolute Gasteiger partial charge is 0.251 e. The normalized spacial score (nSPS) is 22.1. The first-order valence-corrected chi connectivity index (χ1v) is 28.2. The van der Waals surface area contributed by atoms with E-state index in [1.54, 1.807) is 40.1 Å². The van der Waals surface area contributed by atoms with Gasteiger partial charge in [-0.3, -0.25) is 33.6 Å². The van der Waals surface area contributed by atoms with E-state index in [1.165, 1.54) is 16.0 Å². The molecule has 0 saturated carbocycles. The number of benzene rings is 4. The van der Waals surface area contributed by atoms with Crippen molar-refractivity contribution in [2.75, 3.05) is 20.6 Å². The predicted octanol–water partition coefficient (Wildman–Crippen LogP) is 6.28. The highest BCUT2D eigenvalue weighted by molar-refractivity contribution is 5.97. The maximum absolute atomic E-state index is 14.6. The molecule has 420 valence electrons. The Labute approximate surface area is 465 Å². The predicted molar refractivity (Wildman–Crippen MR) is 304 cm³/mol. The van der Waals surface area contributed by atoms with Gasteiger partial charge in [0.25, 0.3) is 5.91 Å². The lowest BCUT2D eigenvalue weighted by Crippen LogP contribution is -2.59. The van der Waals surface area contributed by atoms with Crippen LogP contribution in [-0.4, -0.2) is 103 Å². The Balaban J connectivity index is 0.893. The zero-order chi connectivity index (χ0) is 56.4. The third-order valence-corrected chi connectivity index (χ3v) is 16.4. The van der Waals surface area contributed by atoms with Gasteiger partial charge in [-0.05, 0) is 155 Å². The molecular formula is C63H80N8O8. The summed E-state index contributed by atoms with van der Waals surface area (Å²) in [4.78, 5) is 99.4. The molecular weight excluding hydrogens is 997 g/mol. The SMILES string of the molecule is CN[C@@H](C)C(=O)N[C@@H](Cc1ccc(OCc2ccc(C(=O)N[C@H]3C[C@@H](C(=O)N[C@@H]4CCCc5ccccc54)N(C(=O)[C@@H](NC(=O)[C@H](C)NC)C(C)(C)C)C3)cc2)cc1)C(=O)[C@H]1CC=CC[C@@H]1C(=O)N[C@@H]1CCCc2ccccc21. The van der Waals surface area contributed by atoms with Crippen LogP contribution in [0.25, 0.3) is 0 Å². The maximum atomic E-state index is 14.6. The maximum Gasteiger partial charge on any atom is 0.251 e. The molecule has 7 N–H and O–H groups in total. The Morgan fingerprint density at radius 2 is 1.19 bits per heavy atom. The molecule has 10 atom stereocenters. The zero-order valence-electron chi connectivity index (χ0n) is 46.9. The minimum Gasteiger partial charge on any atom is -0.489 e. The van der Waals surface area contributed by atoms with Crippen LogP contribution < -0.4 is 42.0 Å². The van der Waals surface area contributed by atoms with Crippen LogP contribution >= 0.6 is 0 Å². The van der Waals surface area contributed by atoms with Gasteiger partial charge in [-0.1, -0.05) is 106 Å². The van der Waals surface area contributed by atoms with Crippen molar-refractivity contribution in [3.05, 3.63) is 148 Å². The van der Waals surface area contributed by atoms with Gasteiger partial charge < -0.3 is 46.9 Å². The largest absolute Gasteiger partial charge is 0.489 e. The molecule has 4 aromatic rings. The number of aryl methyl sites for hydroxylation is 2. The summed E-state index contributed by atoms with van der Waals surface area (Å²) in [6.45, 7) is 9.34. The minimum absolute atomic E-state index is 0.0770. The number of hydrogen-bond donors (Lipinski definition) is 7. The third-order valence-electron chi connectivity index (χ3n) is 16.4. The number of hydrogen-bond acceptors (Lipinski definition) is 10. The molecule has 0 spiro atoms. The van der Waals surface area contributed by atoms with E-state index in [0.29, 0.717) is 24.2 Å². The molecule has 3 aliphatic carbocycles. The van der Waals surface area contributed by atoms with Gasteiger partial charge >= 0.3 is 0 Å². The second kappa shape index (κ2) is 26.2. The molecule has 1 fully saturated rings. The summed E-state index contributed by atoms with van der Waals surface area (Å²) >= 11 is 0. The summed E-state index contributed by atoms with van der Waals surface area (Å²) in [7, 11) is 3.36. The van der Waals surface area contributed by atoms with Gasteiger partial charge in [0, 0.05) is 24.1 Å². The number of ether oxygens (including phenoxy) is 1. The average molecular weight is 1080 g/mol. The summed E-state index contributed by atoms with van der Waals surface area (Å²) in [6.07, 6.45) is 10.6. The molecule has 0 aromatic heterocycles. The van der Waals surface area contributed by atoms with E-state index in [2.05, 4.69) is 55.4 Å². The lowest BCUT2D eigenvalue weighted by molar-refractivity contribution is -0.144. The fourth-order valence-corrected chi connectivity index (χ4v) is 11.5. The van der Waals surface area contributed by atoms with Crippen LogP contribution in [-0.2, 0) is 54.6 Å². The summed E-state index contributed by atoms with van der Waals surface area (Å²) in [5.74, 6) is -2.62. The van der Waals surface area contributed by atoms with Gasteiger partial charge in [-0.2, -0.15) is 0 Å². The number of Topliss-reactive ketones (excluding diaryl/α,β-unsaturated/α-hetero) is 1. The zero-order valence-corrected chi connectivity index (χ0v) is 46.9. The third kappa shape index (κ3) is 14.4. The molecule has 79 heavy (non-hydrogen) atoms. The van der Waals surface area contributed by atoms with Gasteiger partial charge in [0.1, 0.15) is 24.4 Å². The first-order valence-electron chi connectivity index (χ1n) is 28.2. The number of fused-ring (bicyclic) bond motifs is 2. The van der Waals surface area contributed by atoms with Crippen molar-refractivity contribution in [3.63, 3.8) is 0 Å². The second-order valence-corrected chi connectivity index (χ2v) is 23.0. The van der Waals surface area contributed by atoms with Crippen LogP contribution in [0.5, 0.6) is 5.75 Å². The topological polar surface area (TPSA) is 216 Å². The monoisotopic (exact) mass is 1080 g/mol. The number of carbonyl (C=O) groups is 7. The fourth-order valence-electron chi connectivity index (χ4n) is 11.5. The number of allylic oxidation sites excluding steroid dienone is 2. The Hall–Kier alpha value is -7.17. The van der Waals surface area contributed by atoms with Crippen molar-refractivity contribution in [2.24, 2.45) is 17.3 Å². The van der Waals surface area contributed by atoms with Crippen molar-refractivity contribution >= 4 is 41.2 Å². The van der Waals surface area contributed by atoms with Gasteiger partial charge in [0.05, 0.1) is 36.1 Å². The Morgan fingerprint density at radius 3 is 1.77 bits per heavy atom. The van der Waals surface area contributed by atoms with Crippen molar-refractivity contribution in [1.29, 1.82) is 0 Å². The van der Waals surface area contributed by atoms with E-state index in [9.17, 15) is 33.6 Å². The summed E-state index contributed by atoms with van der Waals surface area (Å²) in [5, 5.41) is 21.4. The number of likely N-dealkylation sites (N-methyl/N-ethyl adjacent to an activating group) is 2. The number of nitrogens with zero attached hydrogens (tertiary/aromatic N) is 1. The minimum atomic E-state index is -0.941. The Morgan fingerprint density at radius 1 is 0.646 bits per heavy atom. The van der Waals surface area contributed by atoms with Crippen molar-refractivity contribution in [1.82, 2.24) is 42.1 Å². The van der Waals surface area contributed by atoms with Crippen LogP contribution in [0.1, 0.15) is 135 Å². The molecule has 8 rings (SSSR count). The molecule has 16 nitrogen and oxygen atoms in total. The van der Waals surface area contributed by atoms with Gasteiger partial charge in [-0.15, -0.1) is 0 Å². The van der Waals surface area contributed by atoms with Gasteiger partial charge in [-0.25, -0.2) is 0 Å². The van der Waals surface area contributed by atoms with E-state index >= 15 is 0 Å². The summed E-state index contributed by atoms with van der Waals surface area (Å²) < 4.78 is 6.16. The number of ketones is 1. The van der Waals surface area contributed by atoms with Crippen LogP contribution in [0.2, 0.25) is 0 Å². The van der Waals surface area contributed by atoms with E-state index in [0.717, 1.165) is 60.8 Å². The van der Waals surface area contributed by atoms with Crippen molar-refractivity contribution < 1.29 is 38.3 Å². The molecule has 1 heterocycles. The highest BCUT2D eigenvalue weighted by atomic mass is 16.5. The van der Waals surface area contributed by atoms with Crippen LogP contribution in [0, 0.1) is 17.3 Å². The highest BCUT2D eigenvalue weighted by Gasteiger charge is 2.46. The number of likely N-dealkylation sites (tertiary alicyclic amines) is 1. The number of rotatable bonds is 20. The Bertz CT molecular complexity index is 2860. The lowest BCUT2D eigenvalue weighted by Gasteiger charge is -2.36. The first-order chi connectivity index (χ1) is 37.9. The first kappa shape index (κ1) is 58.0. The average Bonchev–Trinajstić information content (AvgIpc) is 4.06. The molecule has 0 bridgehead atoms. The molecule has 4 aromatic carbocycles. The van der Waals surface area contributed by atoms with E-state index in [1.807, 2.05) is 99.7 Å². The van der Waals surface area contributed by atoms with Crippen molar-refractivity contribution in [3.8, 4) is 5.75 Å². The van der Waals surface area contributed by atoms with Crippen LogP contribution in [0.3, 0.4) is 0 Å². The number of carbonyl (C=O) groups excluding carboxylic acids is 7. The molecule has 4 aliphatic rings. The number of nitrogens with one attached hydrogen (secondary N) is 7. The number of amides is 6. The van der Waals surface area contributed by atoms with Gasteiger partial charge in [0.15, 0.2) is 5.78 Å². The lowest BCUT2D eigenvalue weighted by atomic mass is 9.76. The summed E-state index contributed by atoms with van der Waals surface area (Å²) in [6, 6.07) is 26.0. The highest BCUT2D eigenvalue weighted by Crippen LogP contribution is 2.35. The molecule has 0 radical (unpaired) electrons. The Kier molecular flexibility index (Phi) is 19.2. The van der Waals surface area contributed by atoms with Gasteiger partial charge in [0.2, 0.25) is 29.5 Å². The second-order valence-electron chi connectivity index (χ2n) is 23.0. The van der Waals surface area contributed by atoms with E-state index in [-0.39, 0.29) is 73.4 Å². The summed E-state index contributed by atoms with van der Waals surface area (Å²) in [5.41, 5.74) is 5.94. The molecule has 0 unspecified atom stereocenters. The van der Waals surface area contributed by atoms with Crippen LogP contribution in [0.4, 0.5) is 0 Å². The van der Waals surface area contributed by atoms with E-state index in [4.69, 9.17) is 4.74 Å². The van der Waals surface area contributed by atoms with Crippen molar-refractivity contribution in [2.45, 2.75) is 154 Å². The fraction of sp³-hybridized carbons (Fsp3) is 0.476. The molecule has 6 amide bonds. The molecule has 1 saturated heterocycles. The quantitative estimate of drug-likeness (QED) is 0.0492. The molecule has 16 heteroatoms. The van der Waals surface area contributed by atoms with Crippen LogP contribution in [0.15, 0.2) is 109 Å².